The number of hydrogen-bond acceptors (Lipinski definition) is 3. The number of hydrogen-bond donors (Lipinski definition) is 1. The van der Waals surface area contributed by atoms with Gasteiger partial charge >= 0.3 is 0 Å². The first-order chi connectivity index (χ1) is 9.20. The average Bonchev–Trinajstić information content (AvgIpc) is 2.87. The van der Waals surface area contributed by atoms with Crippen LogP contribution in [0.15, 0.2) is 24.4 Å². The first-order valence-corrected chi connectivity index (χ1v) is 6.48. The van der Waals surface area contributed by atoms with Crippen LogP contribution in [0.3, 0.4) is 0 Å². The standard InChI is InChI=1S/C16H15N3/c1-10-7-11-3-2-4-14(11)16(18)15(10)12-5-6-19-13(8-12)9-17/h5-8H,2-4,18H2,1H3. The highest BCUT2D eigenvalue weighted by Crippen LogP contribution is 2.38. The first kappa shape index (κ1) is 11.7. The van der Waals surface area contributed by atoms with Crippen LogP contribution in [0, 0.1) is 18.3 Å². The molecule has 0 amide bonds. The van der Waals surface area contributed by atoms with Crippen LogP contribution >= 0.6 is 0 Å². The Hall–Kier alpha value is -2.34. The Morgan fingerprint density at radius 2 is 2.16 bits per heavy atom. The molecule has 1 aliphatic carbocycles. The van der Waals surface area contributed by atoms with Gasteiger partial charge in [0.05, 0.1) is 0 Å². The molecule has 1 aromatic carbocycles. The van der Waals surface area contributed by atoms with E-state index in [1.807, 2.05) is 6.07 Å². The number of aromatic nitrogens is 1. The molecule has 3 nitrogen and oxygen atoms in total. The third-order valence-electron chi connectivity index (χ3n) is 3.80. The summed E-state index contributed by atoms with van der Waals surface area (Å²) in [6.45, 7) is 2.08. The van der Waals surface area contributed by atoms with Crippen LogP contribution in [-0.4, -0.2) is 4.98 Å². The Balaban J connectivity index is 2.23. The molecule has 2 aromatic rings. The zero-order valence-corrected chi connectivity index (χ0v) is 10.9. The lowest BCUT2D eigenvalue weighted by atomic mass is 9.93. The second-order valence-electron chi connectivity index (χ2n) is 5.01. The molecule has 3 heteroatoms. The molecular weight excluding hydrogens is 234 g/mol. The Bertz CT molecular complexity index is 696. The van der Waals surface area contributed by atoms with Gasteiger partial charge in [-0.15, -0.1) is 0 Å². The number of benzene rings is 1. The summed E-state index contributed by atoms with van der Waals surface area (Å²) in [5, 5.41) is 8.96. The molecule has 3 rings (SSSR count). The lowest BCUT2D eigenvalue weighted by Crippen LogP contribution is -2.00. The van der Waals surface area contributed by atoms with E-state index in [1.165, 1.54) is 23.1 Å². The maximum Gasteiger partial charge on any atom is 0.141 e. The number of nitrogen functional groups attached to an aromatic ring is 1. The zero-order chi connectivity index (χ0) is 13.4. The van der Waals surface area contributed by atoms with Crippen molar-refractivity contribution >= 4 is 5.69 Å². The first-order valence-electron chi connectivity index (χ1n) is 6.48. The van der Waals surface area contributed by atoms with E-state index in [0.29, 0.717) is 5.69 Å². The zero-order valence-electron chi connectivity index (χ0n) is 10.9. The van der Waals surface area contributed by atoms with Crippen LogP contribution in [0.2, 0.25) is 0 Å². The molecule has 0 atom stereocenters. The predicted molar refractivity (Wildman–Crippen MR) is 75.6 cm³/mol. The van der Waals surface area contributed by atoms with E-state index in [-0.39, 0.29) is 0 Å². The fraction of sp³-hybridized carbons (Fsp3) is 0.250. The molecule has 0 spiro atoms. The van der Waals surface area contributed by atoms with E-state index >= 15 is 0 Å². The van der Waals surface area contributed by atoms with E-state index in [1.54, 1.807) is 12.3 Å². The molecule has 0 aliphatic heterocycles. The topological polar surface area (TPSA) is 62.7 Å². The fourth-order valence-electron chi connectivity index (χ4n) is 2.96. The maximum absolute atomic E-state index is 8.96. The van der Waals surface area contributed by atoms with Gasteiger partial charge in [-0.05, 0) is 60.6 Å². The molecule has 2 N–H and O–H groups in total. The highest BCUT2D eigenvalue weighted by Gasteiger charge is 2.19. The van der Waals surface area contributed by atoms with E-state index in [0.717, 1.165) is 29.7 Å². The minimum atomic E-state index is 0.428. The van der Waals surface area contributed by atoms with Crippen molar-refractivity contribution in [2.75, 3.05) is 5.73 Å². The van der Waals surface area contributed by atoms with Gasteiger partial charge in [0.1, 0.15) is 11.8 Å². The minimum Gasteiger partial charge on any atom is -0.398 e. The van der Waals surface area contributed by atoms with Crippen molar-refractivity contribution in [1.82, 2.24) is 4.98 Å². The second-order valence-corrected chi connectivity index (χ2v) is 5.01. The van der Waals surface area contributed by atoms with Crippen LogP contribution in [-0.2, 0) is 12.8 Å². The van der Waals surface area contributed by atoms with Crippen LogP contribution < -0.4 is 5.73 Å². The SMILES string of the molecule is Cc1cc2c(c(N)c1-c1ccnc(C#N)c1)CCC2. The summed E-state index contributed by atoms with van der Waals surface area (Å²) in [7, 11) is 0. The molecule has 0 saturated heterocycles. The molecule has 0 saturated carbocycles. The highest BCUT2D eigenvalue weighted by atomic mass is 14.7. The van der Waals surface area contributed by atoms with Crippen molar-refractivity contribution in [2.24, 2.45) is 0 Å². The van der Waals surface area contributed by atoms with Crippen LogP contribution in [0.1, 0.15) is 28.8 Å². The summed E-state index contributed by atoms with van der Waals surface area (Å²) in [5.41, 5.74) is 13.5. The molecule has 1 aromatic heterocycles. The number of rotatable bonds is 1. The van der Waals surface area contributed by atoms with Gasteiger partial charge in [0.15, 0.2) is 0 Å². The second kappa shape index (κ2) is 4.40. The van der Waals surface area contributed by atoms with Gasteiger partial charge in [-0.1, -0.05) is 6.07 Å². The average molecular weight is 249 g/mol. The van der Waals surface area contributed by atoms with Gasteiger partial charge in [0.2, 0.25) is 0 Å². The summed E-state index contributed by atoms with van der Waals surface area (Å²) in [6.07, 6.45) is 5.04. The number of fused-ring (bicyclic) bond motifs is 1. The summed E-state index contributed by atoms with van der Waals surface area (Å²) in [6, 6.07) is 8.04. The van der Waals surface area contributed by atoms with Crippen LogP contribution in [0.25, 0.3) is 11.1 Å². The molecule has 0 fully saturated rings. The monoisotopic (exact) mass is 249 g/mol. The number of anilines is 1. The molecule has 94 valence electrons. The van der Waals surface area contributed by atoms with Crippen molar-refractivity contribution in [1.29, 1.82) is 5.26 Å². The largest absolute Gasteiger partial charge is 0.398 e. The number of nitrogens with zero attached hydrogens (tertiary/aromatic N) is 2. The van der Waals surface area contributed by atoms with Crippen molar-refractivity contribution in [3.8, 4) is 17.2 Å². The Morgan fingerprint density at radius 3 is 2.95 bits per heavy atom. The third kappa shape index (κ3) is 1.86. The lowest BCUT2D eigenvalue weighted by molar-refractivity contribution is 0.912. The minimum absolute atomic E-state index is 0.428. The molecule has 0 unspecified atom stereocenters. The van der Waals surface area contributed by atoms with Gasteiger partial charge in [-0.25, -0.2) is 4.98 Å². The summed E-state index contributed by atoms with van der Waals surface area (Å²) in [5.74, 6) is 0. The smallest absolute Gasteiger partial charge is 0.141 e. The van der Waals surface area contributed by atoms with Crippen molar-refractivity contribution < 1.29 is 0 Å². The van der Waals surface area contributed by atoms with Crippen molar-refractivity contribution in [2.45, 2.75) is 26.2 Å². The Labute approximate surface area is 112 Å². The Kier molecular flexibility index (Phi) is 2.72. The number of nitriles is 1. The molecule has 1 heterocycles. The number of pyridine rings is 1. The van der Waals surface area contributed by atoms with Gasteiger partial charge in [0, 0.05) is 17.4 Å². The quantitative estimate of drug-likeness (QED) is 0.790. The van der Waals surface area contributed by atoms with Crippen molar-refractivity contribution in [3.05, 3.63) is 46.8 Å². The van der Waals surface area contributed by atoms with E-state index < -0.39 is 0 Å². The third-order valence-corrected chi connectivity index (χ3v) is 3.80. The summed E-state index contributed by atoms with van der Waals surface area (Å²) >= 11 is 0. The summed E-state index contributed by atoms with van der Waals surface area (Å²) < 4.78 is 0. The summed E-state index contributed by atoms with van der Waals surface area (Å²) in [4.78, 5) is 4.01. The van der Waals surface area contributed by atoms with E-state index in [4.69, 9.17) is 11.0 Å². The fourth-order valence-corrected chi connectivity index (χ4v) is 2.96. The lowest BCUT2D eigenvalue weighted by Gasteiger charge is -2.14. The normalized spacial score (nSPS) is 13.1. The molecule has 0 radical (unpaired) electrons. The van der Waals surface area contributed by atoms with Gasteiger partial charge < -0.3 is 5.73 Å². The van der Waals surface area contributed by atoms with Gasteiger partial charge in [0.25, 0.3) is 0 Å². The number of aryl methyl sites for hydroxylation is 2. The van der Waals surface area contributed by atoms with Crippen LogP contribution in [0.5, 0.6) is 0 Å². The highest BCUT2D eigenvalue weighted by molar-refractivity contribution is 5.83. The predicted octanol–water partition coefficient (Wildman–Crippen LogP) is 3.00. The van der Waals surface area contributed by atoms with E-state index in [9.17, 15) is 0 Å². The van der Waals surface area contributed by atoms with Gasteiger partial charge in [-0.2, -0.15) is 5.26 Å². The molecule has 0 bridgehead atoms. The molecule has 19 heavy (non-hydrogen) atoms. The Morgan fingerprint density at radius 1 is 1.32 bits per heavy atom. The van der Waals surface area contributed by atoms with Gasteiger partial charge in [-0.3, -0.25) is 0 Å². The maximum atomic E-state index is 8.96. The van der Waals surface area contributed by atoms with Crippen molar-refractivity contribution in [3.63, 3.8) is 0 Å². The van der Waals surface area contributed by atoms with Crippen LogP contribution in [0.4, 0.5) is 5.69 Å². The van der Waals surface area contributed by atoms with E-state index in [2.05, 4.69) is 24.0 Å². The number of nitrogens with two attached hydrogens (primary N) is 1. The molecule has 1 aliphatic rings. The molecular formula is C16H15N3.